The monoisotopic (exact) mass is 713 g/mol. The zero-order chi connectivity index (χ0) is 37.1. The Kier molecular flexibility index (Phi) is 40.0. The SMILES string of the molecule is CC/C=C/C/C=C/C/C=C/C/C=C/C/C=C/CCCC(=O)OC[C@H](CO)OC(=O)CCCCCCCCCCCCCCCCCCCCCC. The molecule has 0 saturated heterocycles. The number of hydrogen-bond acceptors (Lipinski definition) is 5. The van der Waals surface area contributed by atoms with Crippen molar-refractivity contribution in [3.8, 4) is 0 Å². The number of esters is 2. The number of hydrogen-bond donors (Lipinski definition) is 1. The van der Waals surface area contributed by atoms with Gasteiger partial charge in [0.05, 0.1) is 6.61 Å². The van der Waals surface area contributed by atoms with Crippen molar-refractivity contribution in [1.29, 1.82) is 0 Å². The molecule has 0 unspecified atom stereocenters. The molecule has 0 aliphatic heterocycles. The minimum atomic E-state index is -0.794. The largest absolute Gasteiger partial charge is 0.462 e. The van der Waals surface area contributed by atoms with Crippen LogP contribution in [0.1, 0.15) is 200 Å². The third-order valence-corrected chi connectivity index (χ3v) is 9.08. The summed E-state index contributed by atoms with van der Waals surface area (Å²) >= 11 is 0. The average molecular weight is 713 g/mol. The van der Waals surface area contributed by atoms with Gasteiger partial charge in [0, 0.05) is 12.8 Å². The maximum Gasteiger partial charge on any atom is 0.306 e. The molecule has 0 aliphatic rings. The maximum absolute atomic E-state index is 12.2. The fourth-order valence-corrected chi connectivity index (χ4v) is 5.88. The van der Waals surface area contributed by atoms with E-state index >= 15 is 0 Å². The van der Waals surface area contributed by atoms with Crippen LogP contribution in [0.2, 0.25) is 0 Å². The van der Waals surface area contributed by atoms with Gasteiger partial charge in [0.2, 0.25) is 0 Å². The van der Waals surface area contributed by atoms with Gasteiger partial charge in [0.25, 0.3) is 0 Å². The van der Waals surface area contributed by atoms with E-state index in [0.29, 0.717) is 19.3 Å². The highest BCUT2D eigenvalue weighted by molar-refractivity contribution is 5.70. The van der Waals surface area contributed by atoms with Gasteiger partial charge in [-0.2, -0.15) is 0 Å². The molecule has 0 aromatic heterocycles. The number of ether oxygens (including phenoxy) is 2. The molecule has 1 N–H and O–H groups in total. The fourth-order valence-electron chi connectivity index (χ4n) is 5.88. The van der Waals surface area contributed by atoms with Crippen LogP contribution in [0.15, 0.2) is 60.8 Å². The van der Waals surface area contributed by atoms with Crippen LogP contribution in [0, 0.1) is 0 Å². The van der Waals surface area contributed by atoms with Crippen LogP contribution >= 0.6 is 0 Å². The molecule has 0 amide bonds. The van der Waals surface area contributed by atoms with Crippen LogP contribution in [-0.4, -0.2) is 36.4 Å². The zero-order valence-corrected chi connectivity index (χ0v) is 33.4. The summed E-state index contributed by atoms with van der Waals surface area (Å²) in [5.74, 6) is -0.656. The second-order valence-electron chi connectivity index (χ2n) is 14.0. The Hall–Kier alpha value is -2.40. The predicted molar refractivity (Wildman–Crippen MR) is 219 cm³/mol. The highest BCUT2D eigenvalue weighted by atomic mass is 16.6. The molecule has 0 aromatic carbocycles. The summed E-state index contributed by atoms with van der Waals surface area (Å²) in [5.41, 5.74) is 0. The van der Waals surface area contributed by atoms with Gasteiger partial charge in [-0.05, 0) is 51.4 Å². The first-order chi connectivity index (χ1) is 25.1. The molecule has 294 valence electrons. The van der Waals surface area contributed by atoms with Crippen molar-refractivity contribution in [3.63, 3.8) is 0 Å². The Balaban J connectivity index is 3.60. The molecule has 5 heteroatoms. The van der Waals surface area contributed by atoms with E-state index in [-0.39, 0.29) is 25.2 Å². The van der Waals surface area contributed by atoms with Crippen LogP contribution in [0.25, 0.3) is 0 Å². The van der Waals surface area contributed by atoms with Crippen molar-refractivity contribution in [1.82, 2.24) is 0 Å². The molecule has 0 aliphatic carbocycles. The Morgan fingerprint density at radius 1 is 0.471 bits per heavy atom. The number of rotatable bonds is 38. The number of carbonyl (C=O) groups is 2. The van der Waals surface area contributed by atoms with Gasteiger partial charge in [-0.15, -0.1) is 0 Å². The van der Waals surface area contributed by atoms with Crippen LogP contribution in [0.4, 0.5) is 0 Å². The Morgan fingerprint density at radius 2 is 0.843 bits per heavy atom. The first-order valence-electron chi connectivity index (χ1n) is 21.3. The predicted octanol–water partition coefficient (Wildman–Crippen LogP) is 13.6. The summed E-state index contributed by atoms with van der Waals surface area (Å²) in [7, 11) is 0. The molecular formula is C46H80O5. The van der Waals surface area contributed by atoms with Crippen molar-refractivity contribution in [2.45, 2.75) is 206 Å². The van der Waals surface area contributed by atoms with Crippen LogP contribution in [0.5, 0.6) is 0 Å². The lowest BCUT2D eigenvalue weighted by atomic mass is 10.0. The smallest absolute Gasteiger partial charge is 0.306 e. The second kappa shape index (κ2) is 42.0. The number of carbonyl (C=O) groups excluding carboxylic acids is 2. The second-order valence-corrected chi connectivity index (χ2v) is 14.0. The molecule has 51 heavy (non-hydrogen) atoms. The maximum atomic E-state index is 12.2. The normalized spacial score (nSPS) is 12.8. The minimum Gasteiger partial charge on any atom is -0.462 e. The summed E-state index contributed by atoms with van der Waals surface area (Å²) in [4.78, 5) is 24.3. The standard InChI is InChI=1S/C46H80O5/c1-3-5-7-9-11-13-15-17-19-21-22-23-25-27-29-31-33-35-37-39-41-46(49)51-44(42-47)43-50-45(48)40-38-36-34-32-30-28-26-24-20-18-16-14-12-10-8-6-4-2/h6,8,12,14,18,20,26,28,32,34,44,47H,3-5,7,9-11,13,15-17,19,21-25,27,29-31,33,35-43H2,1-2H3/b8-6+,14-12+,20-18+,28-26+,34-32+/t44-/m0/s1. The van der Waals surface area contributed by atoms with E-state index in [9.17, 15) is 14.7 Å². The lowest BCUT2D eigenvalue weighted by Gasteiger charge is -2.15. The van der Waals surface area contributed by atoms with Crippen LogP contribution < -0.4 is 0 Å². The van der Waals surface area contributed by atoms with Gasteiger partial charge in [-0.3, -0.25) is 9.59 Å². The lowest BCUT2D eigenvalue weighted by molar-refractivity contribution is -0.161. The Labute approximate surface area is 315 Å². The molecule has 0 rings (SSSR count). The average Bonchev–Trinajstić information content (AvgIpc) is 3.13. The molecule has 0 bridgehead atoms. The molecule has 0 radical (unpaired) electrons. The zero-order valence-electron chi connectivity index (χ0n) is 33.4. The highest BCUT2D eigenvalue weighted by Gasteiger charge is 2.16. The van der Waals surface area contributed by atoms with E-state index in [1.165, 1.54) is 109 Å². The lowest BCUT2D eigenvalue weighted by Crippen LogP contribution is -2.28. The topological polar surface area (TPSA) is 72.8 Å². The van der Waals surface area contributed by atoms with Crippen molar-refractivity contribution < 1.29 is 24.2 Å². The highest BCUT2D eigenvalue weighted by Crippen LogP contribution is 2.15. The molecule has 0 heterocycles. The first-order valence-corrected chi connectivity index (χ1v) is 21.3. The van der Waals surface area contributed by atoms with Gasteiger partial charge < -0.3 is 14.6 Å². The van der Waals surface area contributed by atoms with Gasteiger partial charge in [-0.25, -0.2) is 0 Å². The number of aliphatic hydroxyl groups excluding tert-OH is 1. The van der Waals surface area contributed by atoms with E-state index in [1.54, 1.807) is 0 Å². The molecule has 0 aromatic rings. The summed E-state index contributed by atoms with van der Waals surface area (Å²) in [6, 6.07) is 0. The summed E-state index contributed by atoms with van der Waals surface area (Å²) in [6.45, 7) is 3.98. The fraction of sp³-hybridized carbons (Fsp3) is 0.739. The molecule has 0 spiro atoms. The molecule has 5 nitrogen and oxygen atoms in total. The van der Waals surface area contributed by atoms with Crippen LogP contribution in [-0.2, 0) is 19.1 Å². The molecule has 0 fully saturated rings. The first kappa shape index (κ1) is 48.6. The number of aliphatic hydroxyl groups is 1. The van der Waals surface area contributed by atoms with Gasteiger partial charge >= 0.3 is 11.9 Å². The van der Waals surface area contributed by atoms with E-state index in [1.807, 2.05) is 0 Å². The number of unbranched alkanes of at least 4 members (excludes halogenated alkanes) is 20. The quantitative estimate of drug-likeness (QED) is 0.0392. The van der Waals surface area contributed by atoms with E-state index < -0.39 is 6.10 Å². The Bertz CT molecular complexity index is 899. The summed E-state index contributed by atoms with van der Waals surface area (Å²) in [5, 5.41) is 9.57. The van der Waals surface area contributed by atoms with Crippen molar-refractivity contribution in [3.05, 3.63) is 60.8 Å². The van der Waals surface area contributed by atoms with Crippen molar-refractivity contribution in [2.75, 3.05) is 13.2 Å². The van der Waals surface area contributed by atoms with Crippen LogP contribution in [0.3, 0.4) is 0 Å². The third kappa shape index (κ3) is 40.2. The summed E-state index contributed by atoms with van der Waals surface area (Å²) in [6.07, 6.45) is 54.4. The molecule has 0 saturated carbocycles. The molecular weight excluding hydrogens is 633 g/mol. The van der Waals surface area contributed by atoms with E-state index in [4.69, 9.17) is 9.47 Å². The van der Waals surface area contributed by atoms with E-state index in [2.05, 4.69) is 74.6 Å². The van der Waals surface area contributed by atoms with Crippen molar-refractivity contribution >= 4 is 11.9 Å². The van der Waals surface area contributed by atoms with E-state index in [0.717, 1.165) is 57.8 Å². The minimum absolute atomic E-state index is 0.0952. The van der Waals surface area contributed by atoms with Gasteiger partial charge in [0.15, 0.2) is 6.10 Å². The van der Waals surface area contributed by atoms with Gasteiger partial charge in [0.1, 0.15) is 6.61 Å². The summed E-state index contributed by atoms with van der Waals surface area (Å²) < 4.78 is 10.6. The Morgan fingerprint density at radius 3 is 1.25 bits per heavy atom. The third-order valence-electron chi connectivity index (χ3n) is 9.08. The molecule has 1 atom stereocenters. The van der Waals surface area contributed by atoms with Crippen molar-refractivity contribution in [2.24, 2.45) is 0 Å². The van der Waals surface area contributed by atoms with Gasteiger partial charge in [-0.1, -0.05) is 197 Å². The number of allylic oxidation sites excluding steroid dienone is 10.